The van der Waals surface area contributed by atoms with Gasteiger partial charge in [0.2, 0.25) is 0 Å². The zero-order valence-electron chi connectivity index (χ0n) is 10.0. The summed E-state index contributed by atoms with van der Waals surface area (Å²) < 4.78 is 10.6. The maximum atomic E-state index is 10.5. The smallest absolute Gasteiger partial charge is 0.128 e. The zero-order chi connectivity index (χ0) is 11.4. The summed E-state index contributed by atoms with van der Waals surface area (Å²) in [5.41, 5.74) is -0.749. The molecule has 2 saturated heterocycles. The Hall–Kier alpha value is -0.200. The van der Waals surface area contributed by atoms with Crippen molar-refractivity contribution >= 4 is 0 Å². The summed E-state index contributed by atoms with van der Waals surface area (Å²) in [6.07, 6.45) is 0. The molecule has 5 heteroatoms. The van der Waals surface area contributed by atoms with Crippen molar-refractivity contribution in [3.05, 3.63) is 0 Å². The molecule has 0 spiro atoms. The summed E-state index contributed by atoms with van der Waals surface area (Å²) in [5, 5.41) is 10.5. The number of β-amino-alcohol motifs (C(OH)–C–C–N with tert-alkyl or cyclic N) is 1. The monoisotopic (exact) mass is 230 g/mol. The minimum Gasteiger partial charge on any atom is -0.379 e. The first-order valence-corrected chi connectivity index (χ1v) is 6.04. The third kappa shape index (κ3) is 3.15. The molecule has 2 aliphatic heterocycles. The first kappa shape index (κ1) is 12.3. The Morgan fingerprint density at radius 2 is 1.50 bits per heavy atom. The predicted octanol–water partition coefficient (Wildman–Crippen LogP) is -0.641. The Labute approximate surface area is 96.9 Å². The summed E-state index contributed by atoms with van der Waals surface area (Å²) in [7, 11) is 0. The number of aliphatic hydroxyl groups is 1. The fourth-order valence-electron chi connectivity index (χ4n) is 2.33. The van der Waals surface area contributed by atoms with Crippen LogP contribution in [0.4, 0.5) is 0 Å². The number of morpholine rings is 2. The molecule has 2 fully saturated rings. The Morgan fingerprint density at radius 1 is 1.00 bits per heavy atom. The van der Waals surface area contributed by atoms with Gasteiger partial charge in [-0.2, -0.15) is 0 Å². The van der Waals surface area contributed by atoms with Crippen molar-refractivity contribution in [1.82, 2.24) is 9.80 Å². The van der Waals surface area contributed by atoms with Gasteiger partial charge in [0.15, 0.2) is 0 Å². The number of ether oxygens (including phenoxy) is 2. The lowest BCUT2D eigenvalue weighted by molar-refractivity contribution is -0.147. The molecule has 0 aromatic heterocycles. The van der Waals surface area contributed by atoms with Crippen molar-refractivity contribution in [3.63, 3.8) is 0 Å². The van der Waals surface area contributed by atoms with Crippen molar-refractivity contribution in [1.29, 1.82) is 0 Å². The maximum Gasteiger partial charge on any atom is 0.128 e. The average molecular weight is 230 g/mol. The highest BCUT2D eigenvalue weighted by atomic mass is 16.5. The molecule has 16 heavy (non-hydrogen) atoms. The van der Waals surface area contributed by atoms with Crippen molar-refractivity contribution in [2.45, 2.75) is 12.6 Å². The molecule has 0 saturated carbocycles. The van der Waals surface area contributed by atoms with E-state index in [2.05, 4.69) is 9.80 Å². The van der Waals surface area contributed by atoms with Gasteiger partial charge in [-0.25, -0.2) is 0 Å². The van der Waals surface area contributed by atoms with E-state index in [0.717, 1.165) is 52.6 Å². The lowest BCUT2D eigenvalue weighted by Crippen LogP contribution is -2.58. The van der Waals surface area contributed by atoms with Crippen molar-refractivity contribution < 1.29 is 14.6 Å². The Morgan fingerprint density at radius 3 is 2.06 bits per heavy atom. The van der Waals surface area contributed by atoms with E-state index in [-0.39, 0.29) is 0 Å². The van der Waals surface area contributed by atoms with Gasteiger partial charge in [0.05, 0.1) is 26.4 Å². The summed E-state index contributed by atoms with van der Waals surface area (Å²) in [6.45, 7) is 9.05. The molecule has 1 N–H and O–H groups in total. The van der Waals surface area contributed by atoms with E-state index < -0.39 is 5.72 Å². The van der Waals surface area contributed by atoms with Crippen molar-refractivity contribution in [2.75, 3.05) is 59.2 Å². The molecule has 0 radical (unpaired) electrons. The standard InChI is InChI=1S/C11H22N2O3/c1-11(14,13-4-8-16-9-5-13)10-12-2-6-15-7-3-12/h14H,2-10H2,1H3. The van der Waals surface area contributed by atoms with Crippen LogP contribution in [0.1, 0.15) is 6.92 Å². The second-order valence-electron chi connectivity index (χ2n) is 4.70. The average Bonchev–Trinajstić information content (AvgIpc) is 2.31. The molecule has 0 aromatic rings. The van der Waals surface area contributed by atoms with Crippen molar-refractivity contribution in [2.24, 2.45) is 0 Å². The lowest BCUT2D eigenvalue weighted by Gasteiger charge is -2.42. The first-order chi connectivity index (χ1) is 7.68. The topological polar surface area (TPSA) is 45.2 Å². The lowest BCUT2D eigenvalue weighted by atomic mass is 10.1. The molecule has 5 nitrogen and oxygen atoms in total. The Kier molecular flexibility index (Phi) is 4.16. The quantitative estimate of drug-likeness (QED) is 0.699. The van der Waals surface area contributed by atoms with Crippen LogP contribution in [0.2, 0.25) is 0 Å². The van der Waals surface area contributed by atoms with Gasteiger partial charge in [0.25, 0.3) is 0 Å². The molecule has 1 unspecified atom stereocenters. The van der Waals surface area contributed by atoms with Gasteiger partial charge in [-0.15, -0.1) is 0 Å². The van der Waals surface area contributed by atoms with Crippen LogP contribution in [0.3, 0.4) is 0 Å². The van der Waals surface area contributed by atoms with Crippen LogP contribution in [0.5, 0.6) is 0 Å². The molecule has 1 atom stereocenters. The molecule has 2 aliphatic rings. The molecule has 2 heterocycles. The first-order valence-electron chi connectivity index (χ1n) is 6.04. The summed E-state index contributed by atoms with van der Waals surface area (Å²) in [6, 6.07) is 0. The van der Waals surface area contributed by atoms with Gasteiger partial charge in [-0.3, -0.25) is 9.80 Å². The predicted molar refractivity (Wildman–Crippen MR) is 60.3 cm³/mol. The van der Waals surface area contributed by atoms with Gasteiger partial charge in [0.1, 0.15) is 5.72 Å². The van der Waals surface area contributed by atoms with Crippen LogP contribution >= 0.6 is 0 Å². The molecular formula is C11H22N2O3. The molecular weight excluding hydrogens is 208 g/mol. The summed E-state index contributed by atoms with van der Waals surface area (Å²) in [5.74, 6) is 0. The van der Waals surface area contributed by atoms with Crippen LogP contribution in [0.25, 0.3) is 0 Å². The third-order valence-corrected chi connectivity index (χ3v) is 3.32. The maximum absolute atomic E-state index is 10.5. The van der Waals surface area contributed by atoms with E-state index in [9.17, 15) is 5.11 Å². The number of nitrogens with zero attached hydrogens (tertiary/aromatic N) is 2. The second-order valence-corrected chi connectivity index (χ2v) is 4.70. The van der Waals surface area contributed by atoms with Gasteiger partial charge in [-0.05, 0) is 6.92 Å². The van der Waals surface area contributed by atoms with Gasteiger partial charge < -0.3 is 14.6 Å². The highest BCUT2D eigenvalue weighted by Crippen LogP contribution is 2.15. The Bertz CT molecular complexity index is 211. The molecule has 0 aromatic carbocycles. The molecule has 94 valence electrons. The van der Waals surface area contributed by atoms with Crippen LogP contribution in [0, 0.1) is 0 Å². The number of hydrogen-bond donors (Lipinski definition) is 1. The number of rotatable bonds is 3. The van der Waals surface area contributed by atoms with E-state index in [1.165, 1.54) is 0 Å². The van der Waals surface area contributed by atoms with E-state index in [0.29, 0.717) is 6.54 Å². The SMILES string of the molecule is CC(O)(CN1CCOCC1)N1CCOCC1. The minimum atomic E-state index is -0.749. The normalized spacial score (nSPS) is 28.9. The molecule has 0 aliphatic carbocycles. The Balaban J connectivity index is 1.84. The highest BCUT2D eigenvalue weighted by Gasteiger charge is 2.32. The summed E-state index contributed by atoms with van der Waals surface area (Å²) >= 11 is 0. The second kappa shape index (κ2) is 5.42. The molecule has 2 rings (SSSR count). The largest absolute Gasteiger partial charge is 0.379 e. The van der Waals surface area contributed by atoms with Crippen LogP contribution in [-0.4, -0.2) is 79.8 Å². The fourth-order valence-corrected chi connectivity index (χ4v) is 2.33. The van der Waals surface area contributed by atoms with Crippen LogP contribution in [-0.2, 0) is 9.47 Å². The molecule has 0 bridgehead atoms. The van der Waals surface area contributed by atoms with E-state index in [1.54, 1.807) is 0 Å². The number of hydrogen-bond acceptors (Lipinski definition) is 5. The van der Waals surface area contributed by atoms with E-state index in [4.69, 9.17) is 9.47 Å². The fraction of sp³-hybridized carbons (Fsp3) is 1.00. The van der Waals surface area contributed by atoms with Gasteiger partial charge in [-0.1, -0.05) is 0 Å². The van der Waals surface area contributed by atoms with E-state index >= 15 is 0 Å². The zero-order valence-corrected chi connectivity index (χ0v) is 10.0. The van der Waals surface area contributed by atoms with E-state index in [1.807, 2.05) is 6.92 Å². The third-order valence-electron chi connectivity index (χ3n) is 3.32. The van der Waals surface area contributed by atoms with Gasteiger partial charge in [0, 0.05) is 32.7 Å². The molecule has 0 amide bonds. The van der Waals surface area contributed by atoms with Crippen LogP contribution < -0.4 is 0 Å². The van der Waals surface area contributed by atoms with Gasteiger partial charge >= 0.3 is 0 Å². The minimum absolute atomic E-state index is 0.691. The highest BCUT2D eigenvalue weighted by molar-refractivity contribution is 4.81. The summed E-state index contributed by atoms with van der Waals surface area (Å²) in [4.78, 5) is 4.37. The van der Waals surface area contributed by atoms with Crippen molar-refractivity contribution in [3.8, 4) is 0 Å². The van der Waals surface area contributed by atoms with Crippen LogP contribution in [0.15, 0.2) is 0 Å².